The highest BCUT2D eigenvalue weighted by molar-refractivity contribution is 6.02. The topological polar surface area (TPSA) is 59.2 Å². The third-order valence-electron chi connectivity index (χ3n) is 4.19. The van der Waals surface area contributed by atoms with E-state index in [2.05, 4.69) is 4.98 Å². The van der Waals surface area contributed by atoms with Crippen LogP contribution in [0.4, 0.5) is 0 Å². The first-order valence-corrected chi connectivity index (χ1v) is 7.86. The molecule has 0 fully saturated rings. The van der Waals surface area contributed by atoms with Crippen molar-refractivity contribution in [2.75, 3.05) is 0 Å². The number of aromatic nitrogens is 1. The number of ether oxygens (including phenoxy) is 1. The molecule has 24 heavy (non-hydrogen) atoms. The Morgan fingerprint density at radius 1 is 1.00 bits per heavy atom. The first-order valence-electron chi connectivity index (χ1n) is 7.86. The molecule has 0 aliphatic rings. The van der Waals surface area contributed by atoms with Crippen molar-refractivity contribution >= 4 is 22.7 Å². The van der Waals surface area contributed by atoms with E-state index in [1.54, 1.807) is 19.1 Å². The maximum atomic E-state index is 12.5. The molecule has 3 aromatic rings. The number of Topliss-reactive ketones (excluding diaryl/α,β-unsaturated/α-hetero) is 1. The van der Waals surface area contributed by atoms with Crippen molar-refractivity contribution in [3.05, 3.63) is 70.9 Å². The van der Waals surface area contributed by atoms with E-state index in [-0.39, 0.29) is 5.78 Å². The first-order chi connectivity index (χ1) is 11.5. The normalized spacial score (nSPS) is 12.1. The van der Waals surface area contributed by atoms with Gasteiger partial charge in [-0.25, -0.2) is 4.79 Å². The van der Waals surface area contributed by atoms with Crippen LogP contribution >= 0.6 is 0 Å². The van der Waals surface area contributed by atoms with Crippen LogP contribution in [0.15, 0.2) is 48.5 Å². The molecule has 0 unspecified atom stereocenters. The second-order valence-corrected chi connectivity index (χ2v) is 5.98. The van der Waals surface area contributed by atoms with Gasteiger partial charge in [-0.15, -0.1) is 0 Å². The largest absolute Gasteiger partial charge is 0.450 e. The summed E-state index contributed by atoms with van der Waals surface area (Å²) in [6, 6.07) is 14.8. The molecule has 3 rings (SSSR count). The average molecular weight is 321 g/mol. The number of para-hydroxylation sites is 1. The van der Waals surface area contributed by atoms with Gasteiger partial charge < -0.3 is 9.72 Å². The van der Waals surface area contributed by atoms with Crippen molar-refractivity contribution in [3.63, 3.8) is 0 Å². The number of aromatic amines is 1. The summed E-state index contributed by atoms with van der Waals surface area (Å²) in [5.74, 6) is -0.738. The minimum absolute atomic E-state index is 0.206. The predicted octanol–water partition coefficient (Wildman–Crippen LogP) is 4.21. The number of rotatable bonds is 4. The zero-order valence-electron chi connectivity index (χ0n) is 13.9. The van der Waals surface area contributed by atoms with Crippen LogP contribution < -0.4 is 0 Å². The van der Waals surface area contributed by atoms with Gasteiger partial charge in [-0.05, 0) is 50.1 Å². The van der Waals surface area contributed by atoms with Gasteiger partial charge in [0.25, 0.3) is 0 Å². The highest BCUT2D eigenvalue weighted by atomic mass is 16.5. The maximum Gasteiger partial charge on any atom is 0.355 e. The SMILES string of the molecule is Cc1ccc(C(=O)[C@H](C)OC(=O)c2cc3ccccc3[nH]2)cc1C. The Morgan fingerprint density at radius 2 is 1.75 bits per heavy atom. The number of H-pyrrole nitrogens is 1. The number of hydrogen-bond donors (Lipinski definition) is 1. The van der Waals surface area contributed by atoms with Crippen LogP contribution in [-0.2, 0) is 4.74 Å². The molecule has 0 saturated carbocycles. The lowest BCUT2D eigenvalue weighted by molar-refractivity contribution is 0.0314. The Balaban J connectivity index is 1.75. The highest BCUT2D eigenvalue weighted by Gasteiger charge is 2.21. The summed E-state index contributed by atoms with van der Waals surface area (Å²) in [5, 5.41) is 0.928. The van der Waals surface area contributed by atoms with Gasteiger partial charge in [-0.2, -0.15) is 0 Å². The number of benzene rings is 2. The number of carbonyl (C=O) groups excluding carboxylic acids is 2. The van der Waals surface area contributed by atoms with Crippen molar-refractivity contribution in [1.82, 2.24) is 4.98 Å². The van der Waals surface area contributed by atoms with Crippen molar-refractivity contribution in [1.29, 1.82) is 0 Å². The molecular formula is C20H19NO3. The Hall–Kier alpha value is -2.88. The summed E-state index contributed by atoms with van der Waals surface area (Å²) >= 11 is 0. The van der Waals surface area contributed by atoms with E-state index in [1.807, 2.05) is 50.2 Å². The highest BCUT2D eigenvalue weighted by Crippen LogP contribution is 2.17. The van der Waals surface area contributed by atoms with E-state index < -0.39 is 12.1 Å². The molecule has 0 radical (unpaired) electrons. The molecule has 0 bridgehead atoms. The second-order valence-electron chi connectivity index (χ2n) is 5.98. The minimum Gasteiger partial charge on any atom is -0.450 e. The summed E-state index contributed by atoms with van der Waals surface area (Å²) in [4.78, 5) is 27.7. The van der Waals surface area contributed by atoms with Crippen molar-refractivity contribution in [2.24, 2.45) is 0 Å². The van der Waals surface area contributed by atoms with E-state index in [9.17, 15) is 9.59 Å². The van der Waals surface area contributed by atoms with E-state index in [1.165, 1.54) is 0 Å². The van der Waals surface area contributed by atoms with Crippen LogP contribution in [0.2, 0.25) is 0 Å². The van der Waals surface area contributed by atoms with Crippen molar-refractivity contribution in [3.8, 4) is 0 Å². The molecule has 1 heterocycles. The number of aryl methyl sites for hydroxylation is 2. The van der Waals surface area contributed by atoms with Crippen LogP contribution in [0.3, 0.4) is 0 Å². The van der Waals surface area contributed by atoms with Gasteiger partial charge in [-0.1, -0.05) is 30.3 Å². The fraction of sp³-hybridized carbons (Fsp3) is 0.200. The molecular weight excluding hydrogens is 302 g/mol. The summed E-state index contributed by atoms with van der Waals surface area (Å²) in [6.45, 7) is 5.54. The lowest BCUT2D eigenvalue weighted by atomic mass is 10.0. The van der Waals surface area contributed by atoms with E-state index in [0.717, 1.165) is 22.0 Å². The van der Waals surface area contributed by atoms with E-state index >= 15 is 0 Å². The number of nitrogens with one attached hydrogen (secondary N) is 1. The Bertz CT molecular complexity index is 891. The minimum atomic E-state index is -0.842. The zero-order valence-corrected chi connectivity index (χ0v) is 13.9. The van der Waals surface area contributed by atoms with Crippen LogP contribution in [0, 0.1) is 13.8 Å². The summed E-state index contributed by atoms with van der Waals surface area (Å²) < 4.78 is 5.33. The summed E-state index contributed by atoms with van der Waals surface area (Å²) in [6.07, 6.45) is -0.842. The van der Waals surface area contributed by atoms with Gasteiger partial charge in [0.2, 0.25) is 5.78 Å². The smallest absolute Gasteiger partial charge is 0.355 e. The van der Waals surface area contributed by atoms with Crippen molar-refractivity contribution in [2.45, 2.75) is 26.9 Å². The number of hydrogen-bond acceptors (Lipinski definition) is 3. The Labute approximate surface area is 140 Å². The standard InChI is InChI=1S/C20H19NO3/c1-12-8-9-16(10-13(12)2)19(22)14(3)24-20(23)18-11-15-6-4-5-7-17(15)21-18/h4-11,14,21H,1-3H3/t14-/m0/s1. The van der Waals surface area contributed by atoms with Crippen molar-refractivity contribution < 1.29 is 14.3 Å². The van der Waals surface area contributed by atoms with Gasteiger partial charge in [0.15, 0.2) is 6.10 Å². The molecule has 1 N–H and O–H groups in total. The molecule has 0 aliphatic carbocycles. The number of carbonyl (C=O) groups is 2. The van der Waals surface area contributed by atoms with Gasteiger partial charge >= 0.3 is 5.97 Å². The van der Waals surface area contributed by atoms with E-state index in [4.69, 9.17) is 4.74 Å². The molecule has 4 nitrogen and oxygen atoms in total. The monoisotopic (exact) mass is 321 g/mol. The second kappa shape index (κ2) is 6.32. The molecule has 0 amide bonds. The first kappa shape index (κ1) is 16.0. The molecule has 122 valence electrons. The molecule has 0 saturated heterocycles. The number of esters is 1. The quantitative estimate of drug-likeness (QED) is 0.578. The fourth-order valence-corrected chi connectivity index (χ4v) is 2.59. The summed E-state index contributed by atoms with van der Waals surface area (Å²) in [7, 11) is 0. The molecule has 4 heteroatoms. The zero-order chi connectivity index (χ0) is 17.3. The summed E-state index contributed by atoms with van der Waals surface area (Å²) in [5.41, 5.74) is 3.91. The van der Waals surface area contributed by atoms with Gasteiger partial charge in [0.05, 0.1) is 0 Å². The van der Waals surface area contributed by atoms with Crippen LogP contribution in [0.25, 0.3) is 10.9 Å². The third kappa shape index (κ3) is 3.08. The van der Waals surface area contributed by atoms with Crippen LogP contribution in [0.1, 0.15) is 38.9 Å². The Morgan fingerprint density at radius 3 is 2.46 bits per heavy atom. The molecule has 2 aromatic carbocycles. The molecule has 1 aromatic heterocycles. The van der Waals surface area contributed by atoms with Gasteiger partial charge in [0, 0.05) is 16.5 Å². The molecule has 0 spiro atoms. The maximum absolute atomic E-state index is 12.5. The third-order valence-corrected chi connectivity index (χ3v) is 4.19. The van der Waals surface area contributed by atoms with Crippen LogP contribution in [0.5, 0.6) is 0 Å². The molecule has 0 aliphatic heterocycles. The average Bonchev–Trinajstić information content (AvgIpc) is 3.01. The van der Waals surface area contributed by atoms with Gasteiger partial charge in [-0.3, -0.25) is 4.79 Å². The predicted molar refractivity (Wildman–Crippen MR) is 93.4 cm³/mol. The number of fused-ring (bicyclic) bond motifs is 1. The fourth-order valence-electron chi connectivity index (χ4n) is 2.59. The number of ketones is 1. The van der Waals surface area contributed by atoms with E-state index in [0.29, 0.717) is 11.3 Å². The van der Waals surface area contributed by atoms with Crippen LogP contribution in [-0.4, -0.2) is 22.8 Å². The lowest BCUT2D eigenvalue weighted by Crippen LogP contribution is -2.24. The van der Waals surface area contributed by atoms with Gasteiger partial charge in [0.1, 0.15) is 5.69 Å². The molecule has 1 atom stereocenters. The Kier molecular flexibility index (Phi) is 4.21. The lowest BCUT2D eigenvalue weighted by Gasteiger charge is -2.12.